The largest absolute Gasteiger partial charge is 0.481 e. The Morgan fingerprint density at radius 3 is 2.76 bits per heavy atom. The highest BCUT2D eigenvalue weighted by molar-refractivity contribution is 6.02. The zero-order chi connectivity index (χ0) is 23.3. The minimum Gasteiger partial charge on any atom is -0.481 e. The maximum atomic E-state index is 13.4. The Hall–Kier alpha value is -3.27. The van der Waals surface area contributed by atoms with Crippen LogP contribution in [0, 0.1) is 6.92 Å². The molecule has 11 heteroatoms. The molecule has 2 N–H and O–H groups in total. The van der Waals surface area contributed by atoms with E-state index in [1.165, 1.54) is 7.11 Å². The molecule has 2 aromatic heterocycles. The van der Waals surface area contributed by atoms with Crippen LogP contribution in [0.25, 0.3) is 10.8 Å². The van der Waals surface area contributed by atoms with Crippen molar-refractivity contribution < 1.29 is 22.7 Å². The lowest BCUT2D eigenvalue weighted by molar-refractivity contribution is -0.139. The second-order valence-corrected chi connectivity index (χ2v) is 8.28. The number of fused-ring (bicyclic) bond motifs is 5. The van der Waals surface area contributed by atoms with Crippen LogP contribution in [0.1, 0.15) is 35.7 Å². The maximum Gasteiger partial charge on any atom is 0.421 e. The molecule has 2 unspecified atom stereocenters. The van der Waals surface area contributed by atoms with Crippen LogP contribution >= 0.6 is 12.4 Å². The molecule has 34 heavy (non-hydrogen) atoms. The number of piperidine rings is 1. The Morgan fingerprint density at radius 2 is 2.03 bits per heavy atom. The summed E-state index contributed by atoms with van der Waals surface area (Å²) < 4.78 is 45.0. The van der Waals surface area contributed by atoms with E-state index in [0.717, 1.165) is 22.5 Å². The third-order valence-electron chi connectivity index (χ3n) is 6.32. The third-order valence-corrected chi connectivity index (χ3v) is 6.32. The molecule has 0 aliphatic carbocycles. The van der Waals surface area contributed by atoms with Crippen molar-refractivity contribution in [2.45, 2.75) is 38.0 Å². The Labute approximate surface area is 200 Å². The van der Waals surface area contributed by atoms with E-state index in [0.29, 0.717) is 36.5 Å². The maximum absolute atomic E-state index is 13.4. The molecule has 4 heterocycles. The smallest absolute Gasteiger partial charge is 0.421 e. The Balaban J connectivity index is 0.00000274. The summed E-state index contributed by atoms with van der Waals surface area (Å²) in [6, 6.07) is 7.86. The fourth-order valence-electron chi connectivity index (χ4n) is 4.72. The molecule has 1 fully saturated rings. The molecular formula is C23H23ClF3N5O2. The summed E-state index contributed by atoms with van der Waals surface area (Å²) in [5, 5.41) is 7.72. The first-order valence-corrected chi connectivity index (χ1v) is 10.6. The number of carbonyl (C=O) groups is 1. The van der Waals surface area contributed by atoms with Crippen molar-refractivity contribution in [1.82, 2.24) is 15.3 Å². The van der Waals surface area contributed by atoms with Gasteiger partial charge in [-0.25, -0.2) is 4.79 Å². The second kappa shape index (κ2) is 8.83. The number of methoxy groups -OCH3 is 1. The lowest BCUT2D eigenvalue weighted by Gasteiger charge is -2.49. The van der Waals surface area contributed by atoms with Crippen LogP contribution in [0.15, 0.2) is 36.5 Å². The van der Waals surface area contributed by atoms with Crippen molar-refractivity contribution in [3.8, 4) is 5.88 Å². The number of anilines is 2. The molecule has 180 valence electrons. The minimum atomic E-state index is -4.55. The van der Waals surface area contributed by atoms with E-state index in [1.807, 2.05) is 36.1 Å². The number of nitrogens with one attached hydrogen (secondary N) is 2. The van der Waals surface area contributed by atoms with E-state index in [4.69, 9.17) is 4.74 Å². The number of ether oxygens (including phenoxy) is 1. The number of pyridine rings is 2. The summed E-state index contributed by atoms with van der Waals surface area (Å²) >= 11 is 0. The highest BCUT2D eigenvalue weighted by Gasteiger charge is 2.45. The third kappa shape index (κ3) is 4.06. The normalized spacial score (nSPS) is 18.8. The first kappa shape index (κ1) is 23.9. The summed E-state index contributed by atoms with van der Waals surface area (Å²) in [5.41, 5.74) is 1.20. The number of carbonyl (C=O) groups excluding carboxylic acids is 1. The van der Waals surface area contributed by atoms with Crippen molar-refractivity contribution >= 4 is 40.7 Å². The van der Waals surface area contributed by atoms with Crippen LogP contribution in [-0.4, -0.2) is 35.7 Å². The highest BCUT2D eigenvalue weighted by atomic mass is 35.5. The zero-order valence-electron chi connectivity index (χ0n) is 18.4. The van der Waals surface area contributed by atoms with E-state index >= 15 is 0 Å². The van der Waals surface area contributed by atoms with Gasteiger partial charge < -0.3 is 20.3 Å². The standard InChI is InChI=1S/C23H22F3N5O2.ClH/c1-12-14-4-3-5-18(15(14)6-8-27-12)29-22(32)28-13-7-9-31-19(10-13)16-11-17(23(24,25)26)21(33-2)30-20(16)31;/h3-6,8,11,13,19H,7,9-10H2,1-2H3,(H2,28,29,32);1H. The molecule has 0 spiro atoms. The Bertz CT molecular complexity index is 1250. The number of hydrogen-bond acceptors (Lipinski definition) is 5. The van der Waals surface area contributed by atoms with E-state index in [2.05, 4.69) is 20.6 Å². The van der Waals surface area contributed by atoms with Crippen molar-refractivity contribution in [1.29, 1.82) is 0 Å². The van der Waals surface area contributed by atoms with Gasteiger partial charge in [-0.15, -0.1) is 12.4 Å². The Morgan fingerprint density at radius 1 is 1.24 bits per heavy atom. The molecule has 1 saturated heterocycles. The van der Waals surface area contributed by atoms with Gasteiger partial charge in [0.2, 0.25) is 5.88 Å². The number of alkyl halides is 3. The van der Waals surface area contributed by atoms with E-state index in [9.17, 15) is 18.0 Å². The summed E-state index contributed by atoms with van der Waals surface area (Å²) in [4.78, 5) is 23.0. The summed E-state index contributed by atoms with van der Waals surface area (Å²) in [6.07, 6.45) is -1.69. The van der Waals surface area contributed by atoms with Gasteiger partial charge in [-0.3, -0.25) is 4.98 Å². The number of benzene rings is 1. The van der Waals surface area contributed by atoms with Gasteiger partial charge in [0.05, 0.1) is 18.8 Å². The van der Waals surface area contributed by atoms with Crippen molar-refractivity contribution in [2.24, 2.45) is 0 Å². The number of aryl methyl sites for hydroxylation is 1. The van der Waals surface area contributed by atoms with Gasteiger partial charge in [-0.05, 0) is 38.0 Å². The summed E-state index contributed by atoms with van der Waals surface area (Å²) in [5.74, 6) is 0.104. The second-order valence-electron chi connectivity index (χ2n) is 8.28. The summed E-state index contributed by atoms with van der Waals surface area (Å²) in [6.45, 7) is 2.49. The highest BCUT2D eigenvalue weighted by Crippen LogP contribution is 2.50. The molecular weight excluding hydrogens is 471 g/mol. The van der Waals surface area contributed by atoms with Crippen LogP contribution in [0.5, 0.6) is 5.88 Å². The van der Waals surface area contributed by atoms with Crippen LogP contribution in [-0.2, 0) is 6.18 Å². The number of aromatic nitrogens is 2. The molecule has 2 atom stereocenters. The van der Waals surface area contributed by atoms with Crippen LogP contribution in [0.3, 0.4) is 0 Å². The number of hydrogen-bond donors (Lipinski definition) is 2. The molecule has 1 aromatic carbocycles. The fourth-order valence-corrected chi connectivity index (χ4v) is 4.72. The van der Waals surface area contributed by atoms with Gasteiger partial charge in [-0.2, -0.15) is 18.2 Å². The minimum absolute atomic E-state index is 0. The quantitative estimate of drug-likeness (QED) is 0.522. The number of urea groups is 1. The number of nitrogens with zero attached hydrogens (tertiary/aromatic N) is 3. The van der Waals surface area contributed by atoms with E-state index < -0.39 is 17.6 Å². The average Bonchev–Trinajstić information content (AvgIpc) is 2.77. The molecule has 2 aliphatic heterocycles. The molecule has 0 radical (unpaired) electrons. The number of halogens is 4. The average molecular weight is 494 g/mol. The predicted octanol–water partition coefficient (Wildman–Crippen LogP) is 5.23. The van der Waals surface area contributed by atoms with Gasteiger partial charge in [0, 0.05) is 40.8 Å². The molecule has 0 saturated carbocycles. The Kier molecular flexibility index (Phi) is 6.20. The monoisotopic (exact) mass is 493 g/mol. The van der Waals surface area contributed by atoms with Gasteiger partial charge >= 0.3 is 12.2 Å². The predicted molar refractivity (Wildman–Crippen MR) is 125 cm³/mol. The topological polar surface area (TPSA) is 79.4 Å². The first-order chi connectivity index (χ1) is 15.8. The lowest BCUT2D eigenvalue weighted by atomic mass is 9.85. The molecule has 5 rings (SSSR count). The number of rotatable bonds is 3. The molecule has 7 nitrogen and oxygen atoms in total. The van der Waals surface area contributed by atoms with Gasteiger partial charge in [-0.1, -0.05) is 12.1 Å². The van der Waals surface area contributed by atoms with E-state index in [1.54, 1.807) is 6.20 Å². The molecule has 3 aromatic rings. The van der Waals surface area contributed by atoms with Gasteiger partial charge in [0.1, 0.15) is 11.4 Å². The zero-order valence-corrected chi connectivity index (χ0v) is 19.3. The van der Waals surface area contributed by atoms with Crippen LogP contribution in [0.2, 0.25) is 0 Å². The van der Waals surface area contributed by atoms with Crippen molar-refractivity contribution in [3.05, 3.63) is 53.3 Å². The van der Waals surface area contributed by atoms with Gasteiger partial charge in [0.15, 0.2) is 0 Å². The SMILES string of the molecule is COc1nc2c(cc1C(F)(F)F)C1CC(NC(=O)Nc3cccc4c(C)nccc34)CCN21.Cl. The lowest BCUT2D eigenvalue weighted by Crippen LogP contribution is -2.51. The van der Waals surface area contributed by atoms with Crippen LogP contribution < -0.4 is 20.3 Å². The van der Waals surface area contributed by atoms with Crippen molar-refractivity contribution in [2.75, 3.05) is 23.9 Å². The molecule has 0 bridgehead atoms. The molecule has 2 amide bonds. The van der Waals surface area contributed by atoms with Gasteiger partial charge in [0.25, 0.3) is 0 Å². The number of amides is 2. The molecule has 2 aliphatic rings. The first-order valence-electron chi connectivity index (χ1n) is 10.6. The fraction of sp³-hybridized carbons (Fsp3) is 0.348. The van der Waals surface area contributed by atoms with E-state index in [-0.39, 0.29) is 30.5 Å². The summed E-state index contributed by atoms with van der Waals surface area (Å²) in [7, 11) is 1.18. The van der Waals surface area contributed by atoms with Crippen molar-refractivity contribution in [3.63, 3.8) is 0 Å². The van der Waals surface area contributed by atoms with Crippen LogP contribution in [0.4, 0.5) is 29.5 Å².